The van der Waals surface area contributed by atoms with Gasteiger partial charge in [-0.15, -0.1) is 24.0 Å². The Morgan fingerprint density at radius 1 is 1.36 bits per heavy atom. The van der Waals surface area contributed by atoms with E-state index >= 15 is 0 Å². The number of rotatable bonds is 7. The largest absolute Gasteiger partial charge is 0.379 e. The van der Waals surface area contributed by atoms with Gasteiger partial charge in [0.15, 0.2) is 5.96 Å². The van der Waals surface area contributed by atoms with Crippen LogP contribution in [0.1, 0.15) is 36.9 Å². The summed E-state index contributed by atoms with van der Waals surface area (Å²) in [4.78, 5) is 4.27. The second-order valence-corrected chi connectivity index (χ2v) is 5.74. The Labute approximate surface area is 151 Å². The molecule has 5 heteroatoms. The normalized spacial score (nSPS) is 15.9. The lowest BCUT2D eigenvalue weighted by Crippen LogP contribution is -2.40. The molecule has 1 saturated carbocycles. The monoisotopic (exact) mass is 417 g/mol. The van der Waals surface area contributed by atoms with Crippen molar-refractivity contribution in [3.8, 4) is 0 Å². The first-order chi connectivity index (χ1) is 10.2. The van der Waals surface area contributed by atoms with Crippen molar-refractivity contribution in [3.63, 3.8) is 0 Å². The average molecular weight is 417 g/mol. The van der Waals surface area contributed by atoms with Crippen molar-refractivity contribution in [1.82, 2.24) is 10.6 Å². The number of aryl methyl sites for hydroxylation is 1. The molecule has 0 aliphatic heterocycles. The summed E-state index contributed by atoms with van der Waals surface area (Å²) in [5.74, 6) is 1.64. The highest BCUT2D eigenvalue weighted by Crippen LogP contribution is 2.28. The van der Waals surface area contributed by atoms with Crippen molar-refractivity contribution < 1.29 is 4.74 Å². The van der Waals surface area contributed by atoms with Gasteiger partial charge in [-0.1, -0.05) is 24.3 Å². The predicted molar refractivity (Wildman–Crippen MR) is 103 cm³/mol. The second kappa shape index (κ2) is 10.0. The van der Waals surface area contributed by atoms with Gasteiger partial charge < -0.3 is 15.4 Å². The third-order valence-corrected chi connectivity index (χ3v) is 3.82. The van der Waals surface area contributed by atoms with E-state index in [1.165, 1.54) is 24.0 Å². The predicted octanol–water partition coefficient (Wildman–Crippen LogP) is 3.27. The van der Waals surface area contributed by atoms with Crippen molar-refractivity contribution in [1.29, 1.82) is 0 Å². The zero-order chi connectivity index (χ0) is 15.1. The fraction of sp³-hybridized carbons (Fsp3) is 0.588. The molecule has 0 aromatic heterocycles. The highest BCUT2D eigenvalue weighted by atomic mass is 127. The van der Waals surface area contributed by atoms with Crippen LogP contribution in [-0.4, -0.2) is 32.8 Å². The highest BCUT2D eigenvalue weighted by Gasteiger charge is 2.20. The molecule has 124 valence electrons. The molecule has 0 saturated heterocycles. The molecular formula is C17H28IN3O. The van der Waals surface area contributed by atoms with E-state index in [2.05, 4.69) is 53.7 Å². The van der Waals surface area contributed by atoms with Crippen molar-refractivity contribution in [3.05, 3.63) is 35.4 Å². The number of aliphatic imine (C=N–C) groups is 1. The van der Waals surface area contributed by atoms with Crippen LogP contribution in [0.2, 0.25) is 0 Å². The van der Waals surface area contributed by atoms with Gasteiger partial charge in [0.1, 0.15) is 0 Å². The first-order valence-electron chi connectivity index (χ1n) is 7.81. The molecule has 1 aliphatic rings. The number of hydrogen-bond donors (Lipinski definition) is 2. The second-order valence-electron chi connectivity index (χ2n) is 5.74. The van der Waals surface area contributed by atoms with Gasteiger partial charge in [-0.05, 0) is 43.7 Å². The van der Waals surface area contributed by atoms with Crippen LogP contribution in [0, 0.1) is 12.8 Å². The van der Waals surface area contributed by atoms with Crippen molar-refractivity contribution in [2.75, 3.05) is 26.8 Å². The van der Waals surface area contributed by atoms with Crippen LogP contribution in [0.5, 0.6) is 0 Å². The Morgan fingerprint density at radius 3 is 2.73 bits per heavy atom. The third kappa shape index (κ3) is 6.52. The standard InChI is InChI=1S/C17H27N3O.HI/c1-13-6-4-5-7-16(13)14(2)20-17(18-3)19-10-11-21-12-15-8-9-15;/h4-7,14-15H,8-12H2,1-3H3,(H2,18,19,20);1H. The fourth-order valence-corrected chi connectivity index (χ4v) is 2.33. The maximum absolute atomic E-state index is 5.62. The Kier molecular flexibility index (Phi) is 8.78. The quantitative estimate of drug-likeness (QED) is 0.310. The van der Waals surface area contributed by atoms with Crippen molar-refractivity contribution in [2.24, 2.45) is 10.9 Å². The molecule has 1 aromatic rings. The Bertz CT molecular complexity index is 475. The Hall–Kier alpha value is -0.820. The molecular weight excluding hydrogens is 389 g/mol. The Balaban J connectivity index is 0.00000242. The van der Waals surface area contributed by atoms with Gasteiger partial charge >= 0.3 is 0 Å². The zero-order valence-electron chi connectivity index (χ0n) is 13.8. The summed E-state index contributed by atoms with van der Waals surface area (Å²) in [6.07, 6.45) is 2.68. The summed E-state index contributed by atoms with van der Waals surface area (Å²) in [6, 6.07) is 8.65. The molecule has 1 atom stereocenters. The van der Waals surface area contributed by atoms with Gasteiger partial charge in [0, 0.05) is 20.2 Å². The van der Waals surface area contributed by atoms with Crippen LogP contribution in [0.3, 0.4) is 0 Å². The van der Waals surface area contributed by atoms with Gasteiger partial charge in [0.2, 0.25) is 0 Å². The smallest absolute Gasteiger partial charge is 0.191 e. The van der Waals surface area contributed by atoms with Gasteiger partial charge in [0.05, 0.1) is 12.6 Å². The van der Waals surface area contributed by atoms with E-state index in [0.717, 1.165) is 31.6 Å². The van der Waals surface area contributed by atoms with E-state index in [4.69, 9.17) is 4.74 Å². The minimum absolute atomic E-state index is 0. The van der Waals surface area contributed by atoms with E-state index in [1.807, 2.05) is 0 Å². The number of nitrogens with zero attached hydrogens (tertiary/aromatic N) is 1. The number of hydrogen-bond acceptors (Lipinski definition) is 2. The lowest BCUT2D eigenvalue weighted by Gasteiger charge is -2.19. The van der Waals surface area contributed by atoms with Crippen LogP contribution in [-0.2, 0) is 4.74 Å². The molecule has 2 N–H and O–H groups in total. The van der Waals surface area contributed by atoms with E-state index in [0.29, 0.717) is 0 Å². The first-order valence-corrected chi connectivity index (χ1v) is 7.81. The van der Waals surface area contributed by atoms with Crippen LogP contribution in [0.4, 0.5) is 0 Å². The number of ether oxygens (including phenoxy) is 1. The average Bonchev–Trinajstić information content (AvgIpc) is 3.30. The molecule has 0 spiro atoms. The van der Waals surface area contributed by atoms with Crippen LogP contribution in [0.15, 0.2) is 29.3 Å². The minimum Gasteiger partial charge on any atom is -0.379 e. The summed E-state index contributed by atoms with van der Waals surface area (Å²) in [5, 5.41) is 6.72. The SMILES string of the molecule is CN=C(NCCOCC1CC1)NC(C)c1ccccc1C.I. The zero-order valence-corrected chi connectivity index (χ0v) is 16.1. The summed E-state index contributed by atoms with van der Waals surface area (Å²) in [6.45, 7) is 6.71. The summed E-state index contributed by atoms with van der Waals surface area (Å²) in [7, 11) is 1.80. The number of benzene rings is 1. The van der Waals surface area contributed by atoms with E-state index in [-0.39, 0.29) is 30.0 Å². The minimum atomic E-state index is 0. The molecule has 0 bridgehead atoms. The molecule has 1 fully saturated rings. The number of nitrogens with one attached hydrogen (secondary N) is 2. The van der Waals surface area contributed by atoms with Gasteiger partial charge in [0.25, 0.3) is 0 Å². The number of halogens is 1. The first kappa shape index (κ1) is 19.2. The molecule has 1 unspecified atom stereocenters. The molecule has 0 heterocycles. The van der Waals surface area contributed by atoms with Gasteiger partial charge in [-0.3, -0.25) is 4.99 Å². The van der Waals surface area contributed by atoms with Gasteiger partial charge in [-0.25, -0.2) is 0 Å². The Morgan fingerprint density at radius 2 is 2.09 bits per heavy atom. The summed E-state index contributed by atoms with van der Waals surface area (Å²) < 4.78 is 5.62. The fourth-order valence-electron chi connectivity index (χ4n) is 2.33. The van der Waals surface area contributed by atoms with Crippen LogP contribution < -0.4 is 10.6 Å². The van der Waals surface area contributed by atoms with E-state index < -0.39 is 0 Å². The maximum Gasteiger partial charge on any atom is 0.191 e. The lowest BCUT2D eigenvalue weighted by molar-refractivity contribution is 0.129. The molecule has 0 amide bonds. The molecule has 2 rings (SSSR count). The molecule has 22 heavy (non-hydrogen) atoms. The maximum atomic E-state index is 5.62. The van der Waals surface area contributed by atoms with Crippen LogP contribution in [0.25, 0.3) is 0 Å². The van der Waals surface area contributed by atoms with Crippen molar-refractivity contribution in [2.45, 2.75) is 32.7 Å². The van der Waals surface area contributed by atoms with E-state index in [1.54, 1.807) is 7.05 Å². The topological polar surface area (TPSA) is 45.7 Å². The van der Waals surface area contributed by atoms with Crippen molar-refractivity contribution >= 4 is 29.9 Å². The molecule has 4 nitrogen and oxygen atoms in total. The van der Waals surface area contributed by atoms with Gasteiger partial charge in [-0.2, -0.15) is 0 Å². The third-order valence-electron chi connectivity index (χ3n) is 3.82. The highest BCUT2D eigenvalue weighted by molar-refractivity contribution is 14.0. The van der Waals surface area contributed by atoms with Crippen LogP contribution >= 0.6 is 24.0 Å². The molecule has 1 aromatic carbocycles. The number of guanidine groups is 1. The summed E-state index contributed by atoms with van der Waals surface area (Å²) in [5.41, 5.74) is 2.59. The lowest BCUT2D eigenvalue weighted by atomic mass is 10.0. The summed E-state index contributed by atoms with van der Waals surface area (Å²) >= 11 is 0. The molecule has 0 radical (unpaired) electrons. The van der Waals surface area contributed by atoms with E-state index in [9.17, 15) is 0 Å². The molecule has 1 aliphatic carbocycles.